The van der Waals surface area contributed by atoms with Gasteiger partial charge < -0.3 is 15.2 Å². The molecule has 1 aromatic heterocycles. The second-order valence-electron chi connectivity index (χ2n) is 6.04. The highest BCUT2D eigenvalue weighted by Crippen LogP contribution is 2.27. The van der Waals surface area contributed by atoms with Gasteiger partial charge in [-0.15, -0.1) is 24.0 Å². The number of aliphatic imine (C=N–C) groups is 1. The third kappa shape index (κ3) is 3.75. The van der Waals surface area contributed by atoms with Crippen molar-refractivity contribution in [2.75, 3.05) is 18.5 Å². The molecule has 0 bridgehead atoms. The summed E-state index contributed by atoms with van der Waals surface area (Å²) in [5.41, 5.74) is 4.77. The van der Waals surface area contributed by atoms with E-state index in [-0.39, 0.29) is 24.0 Å². The highest BCUT2D eigenvalue weighted by Gasteiger charge is 2.22. The van der Waals surface area contributed by atoms with Gasteiger partial charge in [0.1, 0.15) is 5.82 Å². The van der Waals surface area contributed by atoms with E-state index in [2.05, 4.69) is 61.6 Å². The molecule has 0 spiro atoms. The molecule has 1 aliphatic heterocycles. The molecule has 1 aliphatic rings. The summed E-state index contributed by atoms with van der Waals surface area (Å²) in [6.45, 7) is 1.56. The number of hydrogen-bond acceptors (Lipinski definition) is 2. The van der Waals surface area contributed by atoms with Gasteiger partial charge in [0.2, 0.25) is 0 Å². The molecule has 26 heavy (non-hydrogen) atoms. The molecule has 0 fully saturated rings. The van der Waals surface area contributed by atoms with Gasteiger partial charge in [-0.05, 0) is 23.6 Å². The molecule has 0 saturated carbocycles. The van der Waals surface area contributed by atoms with Crippen LogP contribution in [0.1, 0.15) is 11.4 Å². The molecule has 2 heterocycles. The van der Waals surface area contributed by atoms with E-state index in [1.807, 2.05) is 31.4 Å². The molecule has 134 valence electrons. The Labute approximate surface area is 170 Å². The number of aromatic amines is 1. The Morgan fingerprint density at radius 1 is 1.15 bits per heavy atom. The van der Waals surface area contributed by atoms with Crippen LogP contribution in [-0.2, 0) is 13.0 Å². The maximum atomic E-state index is 4.48. The third-order valence-corrected chi connectivity index (χ3v) is 4.48. The summed E-state index contributed by atoms with van der Waals surface area (Å²) < 4.78 is 0. The lowest BCUT2D eigenvalue weighted by atomic mass is 10.2. The van der Waals surface area contributed by atoms with Crippen LogP contribution in [0.15, 0.2) is 65.8 Å². The van der Waals surface area contributed by atoms with E-state index >= 15 is 0 Å². The summed E-state index contributed by atoms with van der Waals surface area (Å²) in [5, 5.41) is 3.42. The molecule has 4 rings (SSSR count). The van der Waals surface area contributed by atoms with Gasteiger partial charge in [0.05, 0.1) is 18.4 Å². The number of aromatic nitrogens is 2. The van der Waals surface area contributed by atoms with Crippen molar-refractivity contribution in [3.8, 4) is 11.3 Å². The van der Waals surface area contributed by atoms with Crippen molar-refractivity contribution in [2.24, 2.45) is 4.99 Å². The Balaban J connectivity index is 0.00000196. The molecule has 6 heteroatoms. The first-order valence-electron chi connectivity index (χ1n) is 8.50. The molecule has 0 aliphatic carbocycles. The minimum atomic E-state index is 0. The number of nitrogens with one attached hydrogen (secondary N) is 2. The van der Waals surface area contributed by atoms with E-state index in [1.54, 1.807) is 0 Å². The first-order chi connectivity index (χ1) is 12.3. The van der Waals surface area contributed by atoms with Crippen LogP contribution >= 0.6 is 24.0 Å². The van der Waals surface area contributed by atoms with Crippen molar-refractivity contribution in [1.29, 1.82) is 0 Å². The number of anilines is 1. The van der Waals surface area contributed by atoms with Crippen LogP contribution in [-0.4, -0.2) is 29.5 Å². The highest BCUT2D eigenvalue weighted by atomic mass is 127. The SMILES string of the molecule is CN=C(NCc1ncc(-c2ccccc2)[nH]1)N1CCc2ccccc21.I. The summed E-state index contributed by atoms with van der Waals surface area (Å²) in [4.78, 5) is 14.5. The standard InChI is InChI=1S/C20H21N5.HI/c1-21-20(25-12-11-16-9-5-6-10-18(16)25)23-14-19-22-13-17(24-19)15-7-3-2-4-8-15;/h2-10,13H,11-12,14H2,1H3,(H,21,23)(H,22,24);1H. The molecular formula is C20H22IN5. The summed E-state index contributed by atoms with van der Waals surface area (Å²) in [5.74, 6) is 1.77. The molecule has 0 saturated heterocycles. The van der Waals surface area contributed by atoms with Crippen molar-refractivity contribution < 1.29 is 0 Å². The zero-order valence-electron chi connectivity index (χ0n) is 14.6. The Morgan fingerprint density at radius 3 is 2.73 bits per heavy atom. The monoisotopic (exact) mass is 459 g/mol. The Bertz CT molecular complexity index is 888. The predicted octanol–water partition coefficient (Wildman–Crippen LogP) is 3.83. The number of nitrogens with zero attached hydrogens (tertiary/aromatic N) is 3. The maximum Gasteiger partial charge on any atom is 0.198 e. The largest absolute Gasteiger partial charge is 0.349 e. The molecule has 2 aromatic carbocycles. The van der Waals surface area contributed by atoms with Gasteiger partial charge >= 0.3 is 0 Å². The molecular weight excluding hydrogens is 437 g/mol. The number of fused-ring (bicyclic) bond motifs is 1. The van der Waals surface area contributed by atoms with Gasteiger partial charge in [-0.3, -0.25) is 4.99 Å². The van der Waals surface area contributed by atoms with Gasteiger partial charge in [0.15, 0.2) is 5.96 Å². The fourth-order valence-electron chi connectivity index (χ4n) is 3.23. The van der Waals surface area contributed by atoms with Gasteiger partial charge in [0.25, 0.3) is 0 Å². The average Bonchev–Trinajstić information content (AvgIpc) is 3.31. The number of halogens is 1. The fraction of sp³-hybridized carbons (Fsp3) is 0.200. The third-order valence-electron chi connectivity index (χ3n) is 4.48. The van der Waals surface area contributed by atoms with Crippen molar-refractivity contribution in [3.05, 3.63) is 72.2 Å². The van der Waals surface area contributed by atoms with Crippen LogP contribution in [0.4, 0.5) is 5.69 Å². The molecule has 0 amide bonds. The molecule has 0 atom stereocenters. The summed E-state index contributed by atoms with van der Waals surface area (Å²) in [7, 11) is 1.82. The highest BCUT2D eigenvalue weighted by molar-refractivity contribution is 14.0. The van der Waals surface area contributed by atoms with Gasteiger partial charge in [-0.2, -0.15) is 0 Å². The number of guanidine groups is 1. The number of H-pyrrole nitrogens is 1. The first-order valence-corrected chi connectivity index (χ1v) is 8.50. The number of imidazole rings is 1. The maximum absolute atomic E-state index is 4.48. The second kappa shape index (κ2) is 8.35. The molecule has 3 aromatic rings. The first kappa shape index (κ1) is 18.4. The average molecular weight is 459 g/mol. The van der Waals surface area contributed by atoms with Crippen LogP contribution in [0.2, 0.25) is 0 Å². The number of para-hydroxylation sites is 1. The summed E-state index contributed by atoms with van der Waals surface area (Å²) >= 11 is 0. The second-order valence-corrected chi connectivity index (χ2v) is 6.04. The van der Waals surface area contributed by atoms with Crippen molar-refractivity contribution in [2.45, 2.75) is 13.0 Å². The molecule has 2 N–H and O–H groups in total. The lowest BCUT2D eigenvalue weighted by Crippen LogP contribution is -2.40. The molecule has 0 unspecified atom stereocenters. The minimum Gasteiger partial charge on any atom is -0.349 e. The normalized spacial score (nSPS) is 13.3. The lowest BCUT2D eigenvalue weighted by Gasteiger charge is -2.21. The van der Waals surface area contributed by atoms with Gasteiger partial charge in [0, 0.05) is 19.3 Å². The van der Waals surface area contributed by atoms with E-state index in [0.717, 1.165) is 36.0 Å². The van der Waals surface area contributed by atoms with Crippen LogP contribution in [0.5, 0.6) is 0 Å². The van der Waals surface area contributed by atoms with E-state index in [4.69, 9.17) is 0 Å². The van der Waals surface area contributed by atoms with E-state index < -0.39 is 0 Å². The molecule has 0 radical (unpaired) electrons. The summed E-state index contributed by atoms with van der Waals surface area (Å²) in [6.07, 6.45) is 2.93. The van der Waals surface area contributed by atoms with Crippen LogP contribution in [0, 0.1) is 0 Å². The van der Waals surface area contributed by atoms with E-state index in [0.29, 0.717) is 6.54 Å². The zero-order valence-corrected chi connectivity index (χ0v) is 17.0. The number of hydrogen-bond donors (Lipinski definition) is 2. The smallest absolute Gasteiger partial charge is 0.198 e. The predicted molar refractivity (Wildman–Crippen MR) is 117 cm³/mol. The lowest BCUT2D eigenvalue weighted by molar-refractivity contribution is 0.820. The Hall–Kier alpha value is -2.35. The number of rotatable bonds is 3. The topological polar surface area (TPSA) is 56.3 Å². The Kier molecular flexibility index (Phi) is 5.92. The summed E-state index contributed by atoms with van der Waals surface area (Å²) in [6, 6.07) is 18.7. The van der Waals surface area contributed by atoms with E-state index in [9.17, 15) is 0 Å². The Morgan fingerprint density at radius 2 is 1.92 bits per heavy atom. The van der Waals surface area contributed by atoms with Crippen LogP contribution < -0.4 is 10.2 Å². The van der Waals surface area contributed by atoms with Crippen molar-refractivity contribution >= 4 is 35.6 Å². The zero-order chi connectivity index (χ0) is 17.1. The van der Waals surface area contributed by atoms with E-state index in [1.165, 1.54) is 11.3 Å². The number of benzene rings is 2. The van der Waals surface area contributed by atoms with Crippen LogP contribution in [0.3, 0.4) is 0 Å². The van der Waals surface area contributed by atoms with Gasteiger partial charge in [-0.1, -0.05) is 48.5 Å². The van der Waals surface area contributed by atoms with Crippen LogP contribution in [0.25, 0.3) is 11.3 Å². The van der Waals surface area contributed by atoms with Gasteiger partial charge in [-0.25, -0.2) is 4.98 Å². The fourth-order valence-corrected chi connectivity index (χ4v) is 3.23. The quantitative estimate of drug-likeness (QED) is 0.356. The molecule has 5 nitrogen and oxygen atoms in total. The van der Waals surface area contributed by atoms with Crippen molar-refractivity contribution in [3.63, 3.8) is 0 Å². The van der Waals surface area contributed by atoms with Crippen molar-refractivity contribution in [1.82, 2.24) is 15.3 Å². The minimum absolute atomic E-state index is 0.